The largest absolute Gasteiger partial charge is 0.394 e. The molecule has 1 aromatic carbocycles. The van der Waals surface area contributed by atoms with Crippen molar-refractivity contribution in [1.82, 2.24) is 19.5 Å². The fraction of sp³-hybridized carbons (Fsp3) is 0.450. The molecule has 2 saturated heterocycles. The molecule has 158 valence electrons. The molecule has 2 aromatic heterocycles. The van der Waals surface area contributed by atoms with Gasteiger partial charge in [-0.2, -0.15) is 0 Å². The molecule has 0 spiro atoms. The molecule has 2 aliphatic rings. The fourth-order valence-corrected chi connectivity index (χ4v) is 4.05. The van der Waals surface area contributed by atoms with Gasteiger partial charge in [-0.3, -0.25) is 0 Å². The Kier molecular flexibility index (Phi) is 5.32. The van der Waals surface area contributed by atoms with E-state index in [2.05, 4.69) is 15.0 Å². The second-order valence-corrected chi connectivity index (χ2v) is 7.26. The highest BCUT2D eigenvalue weighted by atomic mass is 16.7. The Morgan fingerprint density at radius 2 is 2.00 bits per heavy atom. The third-order valence-corrected chi connectivity index (χ3v) is 5.46. The summed E-state index contributed by atoms with van der Waals surface area (Å²) in [6, 6.07) is 9.47. The monoisotopic (exact) mass is 413 g/mol. The molecule has 10 heteroatoms. The minimum Gasteiger partial charge on any atom is -0.394 e. The van der Waals surface area contributed by atoms with Crippen molar-refractivity contribution in [3.63, 3.8) is 0 Å². The summed E-state index contributed by atoms with van der Waals surface area (Å²) in [7, 11) is 0. The zero-order valence-electron chi connectivity index (χ0n) is 16.2. The van der Waals surface area contributed by atoms with Crippen molar-refractivity contribution in [2.75, 3.05) is 32.2 Å². The maximum absolute atomic E-state index is 9.37. The Morgan fingerprint density at radius 1 is 1.13 bits per heavy atom. The van der Waals surface area contributed by atoms with Gasteiger partial charge in [0.05, 0.1) is 38.8 Å². The first-order valence-electron chi connectivity index (χ1n) is 9.85. The van der Waals surface area contributed by atoms with Crippen molar-refractivity contribution in [2.24, 2.45) is 0 Å². The quantitative estimate of drug-likeness (QED) is 0.625. The van der Waals surface area contributed by atoms with Crippen LogP contribution in [0.1, 0.15) is 17.9 Å². The van der Waals surface area contributed by atoms with Gasteiger partial charge in [0.25, 0.3) is 0 Å². The van der Waals surface area contributed by atoms with Crippen molar-refractivity contribution in [1.29, 1.82) is 0 Å². The Balaban J connectivity index is 1.47. The number of nitrogens with zero attached hydrogens (tertiary/aromatic N) is 4. The van der Waals surface area contributed by atoms with Crippen LogP contribution in [-0.2, 0) is 18.9 Å². The van der Waals surface area contributed by atoms with Gasteiger partial charge in [0.1, 0.15) is 30.2 Å². The van der Waals surface area contributed by atoms with Gasteiger partial charge >= 0.3 is 0 Å². The van der Waals surface area contributed by atoms with Crippen molar-refractivity contribution in [3.05, 3.63) is 48.5 Å². The van der Waals surface area contributed by atoms with Crippen LogP contribution >= 0.6 is 0 Å². The zero-order valence-corrected chi connectivity index (χ0v) is 16.2. The number of ether oxygens (including phenoxy) is 4. The highest BCUT2D eigenvalue weighted by Crippen LogP contribution is 2.37. The second-order valence-electron chi connectivity index (χ2n) is 7.26. The molecule has 5 rings (SSSR count). The van der Waals surface area contributed by atoms with E-state index in [-0.39, 0.29) is 25.4 Å². The number of anilines is 1. The van der Waals surface area contributed by atoms with Crippen LogP contribution in [0, 0.1) is 0 Å². The standard InChI is InChI=1S/C20H23N5O5/c21-18-15-19(23-10-22-18)25(11-24-15)13-8-28-14-9-29-20(12-4-2-1-3-5-12)30-17(14)16(13)27-7-6-26/h1-5,10-11,13-14,16-17,20,26H,6-9H2,(H2,21,22,23)/t13-,14-,16+,17-,20?/m1/s1. The Hall–Kier alpha value is -2.63. The average Bonchev–Trinajstić information content (AvgIpc) is 3.23. The highest BCUT2D eigenvalue weighted by Gasteiger charge is 2.47. The number of hydrogen-bond donors (Lipinski definition) is 2. The summed E-state index contributed by atoms with van der Waals surface area (Å²) in [4.78, 5) is 12.7. The molecule has 4 heterocycles. The lowest BCUT2D eigenvalue weighted by Gasteiger charge is -2.46. The molecule has 30 heavy (non-hydrogen) atoms. The van der Waals surface area contributed by atoms with Crippen LogP contribution in [0.3, 0.4) is 0 Å². The smallest absolute Gasteiger partial charge is 0.184 e. The summed E-state index contributed by atoms with van der Waals surface area (Å²) in [6.45, 7) is 0.819. The Bertz CT molecular complexity index is 1000. The maximum atomic E-state index is 9.37. The highest BCUT2D eigenvalue weighted by molar-refractivity contribution is 5.81. The number of nitrogens with two attached hydrogens (primary N) is 1. The molecule has 2 aliphatic heterocycles. The number of imidazole rings is 1. The first kappa shape index (κ1) is 19.3. The number of benzene rings is 1. The van der Waals surface area contributed by atoms with E-state index >= 15 is 0 Å². The normalized spacial score (nSPS) is 29.0. The van der Waals surface area contributed by atoms with Crippen LogP contribution in [0.25, 0.3) is 11.2 Å². The molecule has 0 saturated carbocycles. The van der Waals surface area contributed by atoms with E-state index in [4.69, 9.17) is 24.7 Å². The van der Waals surface area contributed by atoms with E-state index in [1.165, 1.54) is 6.33 Å². The lowest BCUT2D eigenvalue weighted by Crippen LogP contribution is -2.57. The van der Waals surface area contributed by atoms with Crippen LogP contribution in [0.5, 0.6) is 0 Å². The van der Waals surface area contributed by atoms with Crippen LogP contribution in [0.15, 0.2) is 43.0 Å². The van der Waals surface area contributed by atoms with Crippen molar-refractivity contribution in [2.45, 2.75) is 30.6 Å². The molecule has 5 atom stereocenters. The third kappa shape index (κ3) is 3.42. The predicted octanol–water partition coefficient (Wildman–Crippen LogP) is 0.840. The van der Waals surface area contributed by atoms with E-state index in [9.17, 15) is 5.11 Å². The summed E-state index contributed by atoms with van der Waals surface area (Å²) >= 11 is 0. The second kappa shape index (κ2) is 8.25. The van der Waals surface area contributed by atoms with Crippen LogP contribution in [0.4, 0.5) is 5.82 Å². The Labute approximate surface area is 172 Å². The third-order valence-electron chi connectivity index (χ3n) is 5.46. The van der Waals surface area contributed by atoms with Gasteiger partial charge in [0, 0.05) is 5.56 Å². The predicted molar refractivity (Wildman–Crippen MR) is 105 cm³/mol. The van der Waals surface area contributed by atoms with Gasteiger partial charge in [-0.15, -0.1) is 0 Å². The minimum absolute atomic E-state index is 0.0973. The van der Waals surface area contributed by atoms with Gasteiger partial charge in [0.2, 0.25) is 0 Å². The van der Waals surface area contributed by atoms with Crippen LogP contribution < -0.4 is 5.73 Å². The number of fused-ring (bicyclic) bond motifs is 2. The molecular weight excluding hydrogens is 390 g/mol. The van der Waals surface area contributed by atoms with E-state index in [0.29, 0.717) is 30.2 Å². The number of hydrogen-bond acceptors (Lipinski definition) is 9. The number of rotatable bonds is 5. The average molecular weight is 413 g/mol. The summed E-state index contributed by atoms with van der Waals surface area (Å²) in [5.41, 5.74) is 7.98. The minimum atomic E-state index is -0.521. The molecule has 0 radical (unpaired) electrons. The molecule has 10 nitrogen and oxygen atoms in total. The number of aromatic nitrogens is 4. The molecule has 0 amide bonds. The topological polar surface area (TPSA) is 127 Å². The summed E-state index contributed by atoms with van der Waals surface area (Å²) < 4.78 is 26.2. The lowest BCUT2D eigenvalue weighted by molar-refractivity contribution is -0.311. The van der Waals surface area contributed by atoms with Crippen molar-refractivity contribution >= 4 is 17.0 Å². The lowest BCUT2D eigenvalue weighted by atomic mass is 9.96. The summed E-state index contributed by atoms with van der Waals surface area (Å²) in [6.07, 6.45) is 1.47. The number of nitrogen functional groups attached to an aromatic ring is 1. The molecule has 1 unspecified atom stereocenters. The van der Waals surface area contributed by atoms with Gasteiger partial charge in [0.15, 0.2) is 17.8 Å². The van der Waals surface area contributed by atoms with E-state index < -0.39 is 18.5 Å². The van der Waals surface area contributed by atoms with E-state index in [0.717, 1.165) is 5.56 Å². The number of aliphatic hydroxyl groups is 1. The van der Waals surface area contributed by atoms with Crippen molar-refractivity contribution in [3.8, 4) is 0 Å². The first-order chi connectivity index (χ1) is 14.8. The Morgan fingerprint density at radius 3 is 2.83 bits per heavy atom. The van der Waals surface area contributed by atoms with E-state index in [1.807, 2.05) is 34.9 Å². The molecule has 2 fully saturated rings. The maximum Gasteiger partial charge on any atom is 0.184 e. The van der Waals surface area contributed by atoms with Crippen LogP contribution in [0.2, 0.25) is 0 Å². The van der Waals surface area contributed by atoms with Gasteiger partial charge < -0.3 is 34.4 Å². The molecule has 0 bridgehead atoms. The van der Waals surface area contributed by atoms with Gasteiger partial charge in [-0.25, -0.2) is 15.0 Å². The summed E-state index contributed by atoms with van der Waals surface area (Å²) in [5, 5.41) is 9.37. The fourth-order valence-electron chi connectivity index (χ4n) is 4.05. The number of aliphatic hydroxyl groups excluding tert-OH is 1. The van der Waals surface area contributed by atoms with Gasteiger partial charge in [-0.1, -0.05) is 30.3 Å². The van der Waals surface area contributed by atoms with Crippen molar-refractivity contribution < 1.29 is 24.1 Å². The van der Waals surface area contributed by atoms with Crippen LogP contribution in [-0.4, -0.2) is 69.4 Å². The molecule has 3 N–H and O–H groups in total. The summed E-state index contributed by atoms with van der Waals surface area (Å²) in [5.74, 6) is 0.313. The van der Waals surface area contributed by atoms with E-state index in [1.54, 1.807) is 6.33 Å². The molecule has 0 aliphatic carbocycles. The first-order valence-corrected chi connectivity index (χ1v) is 9.85. The van der Waals surface area contributed by atoms with Gasteiger partial charge in [-0.05, 0) is 0 Å². The molecule has 3 aromatic rings. The SMILES string of the molecule is Nc1ncnc2c1ncn2[C@@H]1CO[C@@H]2COC(c3ccccc3)O[C@H]2[C@H]1OCCO. The molecular formula is C20H23N5O5. The zero-order chi connectivity index (χ0) is 20.5.